The second kappa shape index (κ2) is 10.6. The second-order valence-corrected chi connectivity index (χ2v) is 9.18. The van der Waals surface area contributed by atoms with Crippen molar-refractivity contribution in [2.45, 2.75) is 26.7 Å². The highest BCUT2D eigenvalue weighted by Gasteiger charge is 2.19. The molecule has 5 rings (SSSR count). The van der Waals surface area contributed by atoms with Crippen molar-refractivity contribution in [3.8, 4) is 0 Å². The van der Waals surface area contributed by atoms with Crippen molar-refractivity contribution in [2.75, 3.05) is 41.7 Å². The molecule has 7 heteroatoms. The first-order valence-electron chi connectivity index (χ1n) is 12.6. The van der Waals surface area contributed by atoms with Gasteiger partial charge in [-0.15, -0.1) is 0 Å². The third-order valence-corrected chi connectivity index (χ3v) is 6.57. The Labute approximate surface area is 212 Å². The third kappa shape index (κ3) is 5.40. The molecular formula is C29H32N6O. The Kier molecular flexibility index (Phi) is 6.98. The van der Waals surface area contributed by atoms with E-state index in [1.54, 1.807) is 6.92 Å². The molecule has 1 saturated heterocycles. The Morgan fingerprint density at radius 2 is 1.69 bits per heavy atom. The fourth-order valence-electron chi connectivity index (χ4n) is 4.60. The molecule has 0 saturated carbocycles. The second-order valence-electron chi connectivity index (χ2n) is 9.18. The summed E-state index contributed by atoms with van der Waals surface area (Å²) in [7, 11) is 0. The monoisotopic (exact) mass is 480 g/mol. The molecule has 1 amide bonds. The molecule has 2 N–H and O–H groups in total. The molecule has 1 aromatic heterocycles. The van der Waals surface area contributed by atoms with Crippen molar-refractivity contribution in [1.82, 2.24) is 14.9 Å². The molecule has 184 valence electrons. The Balaban J connectivity index is 1.33. The number of para-hydroxylation sites is 1. The quantitative estimate of drug-likeness (QED) is 0.352. The van der Waals surface area contributed by atoms with Gasteiger partial charge in [0.1, 0.15) is 0 Å². The van der Waals surface area contributed by atoms with Crippen LogP contribution in [0.25, 0.3) is 10.9 Å². The number of hydrogen-bond donors (Lipinski definition) is 2. The number of fused-ring (bicyclic) bond motifs is 1. The number of amides is 1. The zero-order valence-electron chi connectivity index (χ0n) is 20.9. The lowest BCUT2D eigenvalue weighted by molar-refractivity contribution is -0.129. The first kappa shape index (κ1) is 23.6. The summed E-state index contributed by atoms with van der Waals surface area (Å²) in [6, 6.07) is 22.9. The fraction of sp³-hybridized carbons (Fsp3) is 0.276. The van der Waals surface area contributed by atoms with Crippen LogP contribution in [0.3, 0.4) is 0 Å². The highest BCUT2D eigenvalue weighted by Crippen LogP contribution is 2.27. The van der Waals surface area contributed by atoms with Crippen LogP contribution in [-0.2, 0) is 11.2 Å². The van der Waals surface area contributed by atoms with Crippen molar-refractivity contribution < 1.29 is 4.79 Å². The Hall–Kier alpha value is -4.13. The molecule has 7 nitrogen and oxygen atoms in total. The summed E-state index contributed by atoms with van der Waals surface area (Å²) in [4.78, 5) is 25.2. The molecule has 4 aromatic rings. The zero-order valence-corrected chi connectivity index (χ0v) is 20.9. The van der Waals surface area contributed by atoms with Gasteiger partial charge in [-0.3, -0.25) is 4.79 Å². The van der Waals surface area contributed by atoms with Crippen molar-refractivity contribution in [1.29, 1.82) is 0 Å². The Morgan fingerprint density at radius 3 is 2.44 bits per heavy atom. The van der Waals surface area contributed by atoms with E-state index in [0.29, 0.717) is 5.95 Å². The van der Waals surface area contributed by atoms with Crippen molar-refractivity contribution >= 4 is 45.5 Å². The van der Waals surface area contributed by atoms with Crippen LogP contribution >= 0.6 is 0 Å². The van der Waals surface area contributed by atoms with Crippen LogP contribution in [-0.4, -0.2) is 47.0 Å². The highest BCUT2D eigenvalue weighted by atomic mass is 16.2. The molecule has 0 aliphatic carbocycles. The summed E-state index contributed by atoms with van der Waals surface area (Å²) in [6.07, 6.45) is 4.08. The number of nitrogens with one attached hydrogen (secondary N) is 2. The van der Waals surface area contributed by atoms with E-state index in [0.717, 1.165) is 72.7 Å². The predicted octanol–water partition coefficient (Wildman–Crippen LogP) is 5.74. The number of aryl methyl sites for hydroxylation is 1. The molecule has 0 radical (unpaired) electrons. The molecule has 1 aliphatic rings. The number of piperazine rings is 1. The zero-order chi connectivity index (χ0) is 24.9. The molecule has 0 unspecified atom stereocenters. The summed E-state index contributed by atoms with van der Waals surface area (Å²) in [5, 5.41) is 7.87. The lowest BCUT2D eigenvalue weighted by Crippen LogP contribution is -2.48. The average Bonchev–Trinajstić information content (AvgIpc) is 2.90. The van der Waals surface area contributed by atoms with Crippen LogP contribution in [0.1, 0.15) is 25.8 Å². The minimum atomic E-state index is 0.140. The Bertz CT molecular complexity index is 1350. The van der Waals surface area contributed by atoms with E-state index < -0.39 is 0 Å². The van der Waals surface area contributed by atoms with E-state index in [-0.39, 0.29) is 5.91 Å². The van der Waals surface area contributed by atoms with Gasteiger partial charge in [0.2, 0.25) is 11.9 Å². The highest BCUT2D eigenvalue weighted by molar-refractivity contribution is 5.92. The van der Waals surface area contributed by atoms with E-state index in [2.05, 4.69) is 63.8 Å². The molecule has 0 spiro atoms. The van der Waals surface area contributed by atoms with Gasteiger partial charge >= 0.3 is 0 Å². The predicted molar refractivity (Wildman–Crippen MR) is 147 cm³/mol. The van der Waals surface area contributed by atoms with Gasteiger partial charge < -0.3 is 20.4 Å². The maximum absolute atomic E-state index is 11.6. The van der Waals surface area contributed by atoms with Crippen LogP contribution in [0.15, 0.2) is 72.9 Å². The molecular weight excluding hydrogens is 448 g/mol. The number of aromatic nitrogens is 2. The SMILES string of the molecule is CCCc1ccc(Nc2cccc3cnc(Nc4cccc(N5CCN(C(C)=O)CC5)c4)nc23)cc1. The number of hydrogen-bond acceptors (Lipinski definition) is 6. The first-order chi connectivity index (χ1) is 17.6. The van der Waals surface area contributed by atoms with Gasteiger partial charge in [-0.1, -0.05) is 43.7 Å². The van der Waals surface area contributed by atoms with Gasteiger partial charge in [0.05, 0.1) is 11.2 Å². The number of benzene rings is 3. The summed E-state index contributed by atoms with van der Waals surface area (Å²) in [5.41, 5.74) is 6.24. The lowest BCUT2D eigenvalue weighted by Gasteiger charge is -2.35. The number of rotatable bonds is 7. The van der Waals surface area contributed by atoms with E-state index in [1.165, 1.54) is 5.56 Å². The van der Waals surface area contributed by atoms with Crippen LogP contribution in [0.5, 0.6) is 0 Å². The smallest absolute Gasteiger partial charge is 0.227 e. The van der Waals surface area contributed by atoms with Gasteiger partial charge in [-0.2, -0.15) is 0 Å². The molecule has 3 aromatic carbocycles. The molecule has 1 aliphatic heterocycles. The minimum absolute atomic E-state index is 0.140. The fourth-order valence-corrected chi connectivity index (χ4v) is 4.60. The topological polar surface area (TPSA) is 73.4 Å². The summed E-state index contributed by atoms with van der Waals surface area (Å²) in [6.45, 7) is 6.97. The van der Waals surface area contributed by atoms with Gasteiger partial charge in [-0.05, 0) is 48.4 Å². The van der Waals surface area contributed by atoms with E-state index in [1.807, 2.05) is 41.4 Å². The van der Waals surface area contributed by atoms with Gasteiger partial charge in [-0.25, -0.2) is 9.97 Å². The summed E-state index contributed by atoms with van der Waals surface area (Å²) in [5.74, 6) is 0.689. The van der Waals surface area contributed by atoms with Crippen LogP contribution in [0, 0.1) is 0 Å². The van der Waals surface area contributed by atoms with Gasteiger partial charge in [0.15, 0.2) is 0 Å². The summed E-state index contributed by atoms with van der Waals surface area (Å²) < 4.78 is 0. The van der Waals surface area contributed by atoms with Gasteiger partial charge in [0, 0.05) is 61.7 Å². The first-order valence-corrected chi connectivity index (χ1v) is 12.6. The molecule has 0 atom stereocenters. The van der Waals surface area contributed by atoms with Gasteiger partial charge in [0.25, 0.3) is 0 Å². The maximum Gasteiger partial charge on any atom is 0.227 e. The van der Waals surface area contributed by atoms with Crippen molar-refractivity contribution in [3.05, 3.63) is 78.5 Å². The van der Waals surface area contributed by atoms with E-state index in [9.17, 15) is 4.79 Å². The van der Waals surface area contributed by atoms with Crippen LogP contribution < -0.4 is 15.5 Å². The van der Waals surface area contributed by atoms with E-state index in [4.69, 9.17) is 4.98 Å². The number of anilines is 5. The standard InChI is InChI=1S/C29H32N6O/c1-3-6-22-11-13-24(14-12-22)31-27-10-4-7-23-20-30-29(33-28(23)27)32-25-8-5-9-26(19-25)35-17-15-34(16-18-35)21(2)36/h4-5,7-14,19-20,31H,3,6,15-18H2,1-2H3,(H,30,32,33). The minimum Gasteiger partial charge on any atom is -0.368 e. The summed E-state index contributed by atoms with van der Waals surface area (Å²) >= 11 is 0. The largest absolute Gasteiger partial charge is 0.368 e. The number of nitrogens with zero attached hydrogens (tertiary/aromatic N) is 4. The number of carbonyl (C=O) groups is 1. The third-order valence-electron chi connectivity index (χ3n) is 6.57. The lowest BCUT2D eigenvalue weighted by atomic mass is 10.1. The molecule has 36 heavy (non-hydrogen) atoms. The average molecular weight is 481 g/mol. The van der Waals surface area contributed by atoms with Crippen molar-refractivity contribution in [3.63, 3.8) is 0 Å². The maximum atomic E-state index is 11.6. The van der Waals surface area contributed by atoms with E-state index >= 15 is 0 Å². The van der Waals surface area contributed by atoms with Crippen molar-refractivity contribution in [2.24, 2.45) is 0 Å². The normalized spacial score (nSPS) is 13.6. The van der Waals surface area contributed by atoms with Crippen LogP contribution in [0.2, 0.25) is 0 Å². The number of carbonyl (C=O) groups excluding carboxylic acids is 1. The molecule has 0 bridgehead atoms. The Morgan fingerprint density at radius 1 is 0.917 bits per heavy atom. The van der Waals surface area contributed by atoms with Crippen LogP contribution in [0.4, 0.5) is 28.7 Å². The molecule has 2 heterocycles. The molecule has 1 fully saturated rings.